The van der Waals surface area contributed by atoms with E-state index in [2.05, 4.69) is 0 Å². The van der Waals surface area contributed by atoms with Gasteiger partial charge in [0.25, 0.3) is 0 Å². The van der Waals surface area contributed by atoms with Crippen molar-refractivity contribution in [1.29, 1.82) is 0 Å². The summed E-state index contributed by atoms with van der Waals surface area (Å²) in [7, 11) is 4.47. The van der Waals surface area contributed by atoms with Crippen molar-refractivity contribution in [3.8, 4) is 0 Å². The maximum atomic E-state index is 13.1. The van der Waals surface area contributed by atoms with Crippen LogP contribution in [0.2, 0.25) is 0 Å². The molecule has 0 bridgehead atoms. The molecule has 0 fully saturated rings. The highest BCUT2D eigenvalue weighted by molar-refractivity contribution is 6.12. The van der Waals surface area contributed by atoms with Crippen molar-refractivity contribution in [2.75, 3.05) is 37.6 Å². The van der Waals surface area contributed by atoms with Gasteiger partial charge in [0.15, 0.2) is 0 Å². The zero-order valence-corrected chi connectivity index (χ0v) is 18.4. The highest BCUT2D eigenvalue weighted by Crippen LogP contribution is 2.43. The molecule has 0 aromatic heterocycles. The van der Waals surface area contributed by atoms with Crippen LogP contribution in [-0.4, -0.2) is 45.7 Å². The summed E-state index contributed by atoms with van der Waals surface area (Å²) in [4.78, 5) is 40.7. The molecule has 2 aromatic rings. The molecule has 0 saturated heterocycles. The molecule has 1 heterocycles. The Labute approximate surface area is 176 Å². The third-order valence-corrected chi connectivity index (χ3v) is 5.37. The van der Waals surface area contributed by atoms with E-state index >= 15 is 0 Å². The molecule has 0 N–H and O–H groups in total. The normalized spacial score (nSPS) is 12.8. The molecular formula is C23H28N2O5. The summed E-state index contributed by atoms with van der Waals surface area (Å²) in [5.41, 5.74) is 2.81. The number of nitrogens with zero attached hydrogens (tertiary/aromatic N) is 2. The van der Waals surface area contributed by atoms with Crippen LogP contribution in [0.1, 0.15) is 31.9 Å². The number of likely N-dealkylation sites (N-methyl/N-ethyl adjacent to an activating group) is 1. The van der Waals surface area contributed by atoms with Gasteiger partial charge >= 0.3 is 11.9 Å². The summed E-state index contributed by atoms with van der Waals surface area (Å²) < 4.78 is 9.71. The predicted octanol–water partition coefficient (Wildman–Crippen LogP) is 3.06. The second-order valence-corrected chi connectivity index (χ2v) is 8.56. The Morgan fingerprint density at radius 1 is 1.10 bits per heavy atom. The Morgan fingerprint density at radius 3 is 2.37 bits per heavy atom. The molecule has 7 nitrogen and oxygen atoms in total. The van der Waals surface area contributed by atoms with Crippen molar-refractivity contribution in [3.63, 3.8) is 0 Å². The predicted molar refractivity (Wildman–Crippen MR) is 116 cm³/mol. The van der Waals surface area contributed by atoms with E-state index in [1.807, 2.05) is 45.0 Å². The van der Waals surface area contributed by atoms with E-state index in [4.69, 9.17) is 9.47 Å². The van der Waals surface area contributed by atoms with Gasteiger partial charge in [-0.1, -0.05) is 32.9 Å². The lowest BCUT2D eigenvalue weighted by Gasteiger charge is -2.26. The number of esters is 2. The van der Waals surface area contributed by atoms with Crippen molar-refractivity contribution in [2.45, 2.75) is 33.7 Å². The number of hydrogen-bond acceptors (Lipinski definition) is 6. The first-order valence-electron chi connectivity index (χ1n) is 9.82. The van der Waals surface area contributed by atoms with Crippen molar-refractivity contribution >= 4 is 40.0 Å². The first-order valence-corrected chi connectivity index (χ1v) is 9.82. The third-order valence-electron chi connectivity index (χ3n) is 5.37. The fourth-order valence-corrected chi connectivity index (χ4v) is 3.87. The first-order chi connectivity index (χ1) is 14.1. The maximum Gasteiger partial charge on any atom is 0.325 e. The number of anilines is 2. The standard InChI is InChI=1S/C23H28N2O5/c1-23(2,3)22(28)25-12-14-10-18(24(4)13-20(27)30-6)16(11-19(26)29-5)15-8-7-9-17(25)21(14)15/h7-10H,11-13H2,1-6H3. The van der Waals surface area contributed by atoms with Crippen LogP contribution in [0.25, 0.3) is 10.8 Å². The highest BCUT2D eigenvalue weighted by atomic mass is 16.5. The molecule has 0 spiro atoms. The van der Waals surface area contributed by atoms with Gasteiger partial charge in [-0.15, -0.1) is 0 Å². The molecule has 7 heteroatoms. The minimum atomic E-state index is -0.524. The average Bonchev–Trinajstić information content (AvgIpc) is 3.07. The zero-order chi connectivity index (χ0) is 22.2. The topological polar surface area (TPSA) is 76.2 Å². The van der Waals surface area contributed by atoms with Crippen LogP contribution < -0.4 is 9.80 Å². The van der Waals surface area contributed by atoms with Gasteiger partial charge in [0.1, 0.15) is 6.54 Å². The molecule has 0 aliphatic carbocycles. The van der Waals surface area contributed by atoms with E-state index in [0.29, 0.717) is 6.54 Å². The molecule has 0 saturated carbocycles. The number of rotatable bonds is 5. The second-order valence-electron chi connectivity index (χ2n) is 8.56. The third kappa shape index (κ3) is 3.84. The number of carbonyl (C=O) groups is 3. The van der Waals surface area contributed by atoms with Crippen LogP contribution in [0.4, 0.5) is 11.4 Å². The molecule has 0 unspecified atom stereocenters. The van der Waals surface area contributed by atoms with Gasteiger partial charge in [-0.2, -0.15) is 0 Å². The molecule has 1 aliphatic rings. The summed E-state index contributed by atoms with van der Waals surface area (Å²) in [5, 5.41) is 1.84. The van der Waals surface area contributed by atoms with Crippen LogP contribution in [0.15, 0.2) is 24.3 Å². The molecule has 1 amide bonds. The van der Waals surface area contributed by atoms with Crippen LogP contribution in [0.5, 0.6) is 0 Å². The monoisotopic (exact) mass is 412 g/mol. The number of hydrogen-bond donors (Lipinski definition) is 0. The number of carbonyl (C=O) groups excluding carboxylic acids is 3. The van der Waals surface area contributed by atoms with E-state index in [-0.39, 0.29) is 30.8 Å². The molecule has 1 aliphatic heterocycles. The molecule has 2 aromatic carbocycles. The number of amides is 1. The second kappa shape index (κ2) is 7.97. The summed E-state index contributed by atoms with van der Waals surface area (Å²) in [6.07, 6.45) is 0.0603. The number of methoxy groups -OCH3 is 2. The summed E-state index contributed by atoms with van der Waals surface area (Å²) >= 11 is 0. The zero-order valence-electron chi connectivity index (χ0n) is 18.4. The van der Waals surface area contributed by atoms with Gasteiger partial charge in [-0.25, -0.2) is 0 Å². The van der Waals surface area contributed by atoms with E-state index in [9.17, 15) is 14.4 Å². The quantitative estimate of drug-likeness (QED) is 0.703. The number of ether oxygens (including phenoxy) is 2. The Morgan fingerprint density at radius 2 is 1.77 bits per heavy atom. The molecule has 30 heavy (non-hydrogen) atoms. The van der Waals surface area contributed by atoms with E-state index in [1.54, 1.807) is 16.8 Å². The van der Waals surface area contributed by atoms with E-state index in [0.717, 1.165) is 33.3 Å². The summed E-state index contributed by atoms with van der Waals surface area (Å²) in [5.74, 6) is -0.717. The van der Waals surface area contributed by atoms with Crippen molar-refractivity contribution in [2.24, 2.45) is 5.41 Å². The van der Waals surface area contributed by atoms with E-state index in [1.165, 1.54) is 14.2 Å². The van der Waals surface area contributed by atoms with Crippen molar-refractivity contribution in [3.05, 3.63) is 35.4 Å². The summed E-state index contributed by atoms with van der Waals surface area (Å²) in [6, 6.07) is 7.73. The lowest BCUT2D eigenvalue weighted by molar-refractivity contribution is -0.140. The first kappa shape index (κ1) is 21.6. The fourth-order valence-electron chi connectivity index (χ4n) is 3.87. The molecule has 0 radical (unpaired) electrons. The van der Waals surface area contributed by atoms with Gasteiger partial charge in [0, 0.05) is 23.5 Å². The highest BCUT2D eigenvalue weighted by Gasteiger charge is 2.34. The number of benzene rings is 2. The van der Waals surface area contributed by atoms with Gasteiger partial charge in [-0.05, 0) is 28.6 Å². The largest absolute Gasteiger partial charge is 0.469 e. The van der Waals surface area contributed by atoms with Gasteiger partial charge in [0.05, 0.1) is 32.9 Å². The van der Waals surface area contributed by atoms with Gasteiger partial charge in [0.2, 0.25) is 5.91 Å². The van der Waals surface area contributed by atoms with Crippen molar-refractivity contribution in [1.82, 2.24) is 0 Å². The Hall–Kier alpha value is -3.09. The lowest BCUT2D eigenvalue weighted by Crippen LogP contribution is -2.37. The lowest BCUT2D eigenvalue weighted by atomic mass is 9.94. The van der Waals surface area contributed by atoms with Gasteiger partial charge < -0.3 is 19.3 Å². The van der Waals surface area contributed by atoms with Crippen LogP contribution in [0, 0.1) is 5.41 Å². The van der Waals surface area contributed by atoms with Crippen molar-refractivity contribution < 1.29 is 23.9 Å². The molecular weight excluding hydrogens is 384 g/mol. The fraction of sp³-hybridized carbons (Fsp3) is 0.435. The molecule has 3 rings (SSSR count). The smallest absolute Gasteiger partial charge is 0.325 e. The van der Waals surface area contributed by atoms with Crippen LogP contribution >= 0.6 is 0 Å². The minimum absolute atomic E-state index is 0.0326. The Balaban J connectivity index is 2.20. The Bertz CT molecular complexity index is 1020. The van der Waals surface area contributed by atoms with Gasteiger partial charge in [-0.3, -0.25) is 14.4 Å². The molecule has 0 atom stereocenters. The SMILES string of the molecule is COC(=O)Cc1c(N(C)CC(=O)OC)cc2c3c(cccc13)N(C(=O)C(C)(C)C)C2. The molecule has 160 valence electrons. The maximum absolute atomic E-state index is 13.1. The average molecular weight is 412 g/mol. The Kier molecular flexibility index (Phi) is 5.74. The minimum Gasteiger partial charge on any atom is -0.469 e. The van der Waals surface area contributed by atoms with E-state index < -0.39 is 5.41 Å². The van der Waals surface area contributed by atoms with Crippen LogP contribution in [0.3, 0.4) is 0 Å². The van der Waals surface area contributed by atoms with Crippen LogP contribution in [-0.2, 0) is 36.8 Å². The summed E-state index contributed by atoms with van der Waals surface area (Å²) in [6.45, 7) is 6.19.